The van der Waals surface area contributed by atoms with Crippen LogP contribution in [0, 0.1) is 5.92 Å². The topological polar surface area (TPSA) is 146 Å². The molecular weight excluding hydrogens is 593 g/mol. The van der Waals surface area contributed by atoms with E-state index in [-0.39, 0.29) is 41.9 Å². The molecule has 0 radical (unpaired) electrons. The fourth-order valence-electron chi connectivity index (χ4n) is 5.32. The molecular formula is C28H35F3N4O7S. The van der Waals surface area contributed by atoms with Crippen LogP contribution in [0.15, 0.2) is 53.4 Å². The quantitative estimate of drug-likeness (QED) is 0.292. The molecule has 2 amide bonds. The number of nitrogens with zero attached hydrogens (tertiary/aromatic N) is 1. The van der Waals surface area contributed by atoms with Crippen molar-refractivity contribution in [2.45, 2.75) is 48.0 Å². The van der Waals surface area contributed by atoms with Crippen molar-refractivity contribution in [1.29, 1.82) is 0 Å². The molecule has 0 bridgehead atoms. The highest BCUT2D eigenvalue weighted by atomic mass is 32.2. The van der Waals surface area contributed by atoms with Crippen molar-refractivity contribution in [1.82, 2.24) is 10.6 Å². The standard InChI is InChI=1S/C28H35F3N4O7S/c1-41-24(36)18-33-26(38)27(12-14-32-15-13-27)43(39,40)23-8-4-21(5-9-23)35-16-10-19(11-17-35)25(37)34-20-2-6-22(7-3-20)42-28(29,30)31/h2-9,19,24,32,36H,10-18H2,1H3,(H,33,38)(H,34,37). The maximum Gasteiger partial charge on any atom is 0.573 e. The van der Waals surface area contributed by atoms with Gasteiger partial charge >= 0.3 is 6.36 Å². The minimum absolute atomic E-state index is 0.0153. The third kappa shape index (κ3) is 7.77. The first-order valence-corrected chi connectivity index (χ1v) is 15.3. The number of amides is 2. The number of rotatable bonds is 10. The lowest BCUT2D eigenvalue weighted by Crippen LogP contribution is -2.58. The molecule has 4 N–H and O–H groups in total. The summed E-state index contributed by atoms with van der Waals surface area (Å²) in [5, 5.41) is 18.0. The summed E-state index contributed by atoms with van der Waals surface area (Å²) in [6.07, 6.45) is -4.86. The van der Waals surface area contributed by atoms with Gasteiger partial charge in [0.2, 0.25) is 11.8 Å². The number of benzene rings is 2. The van der Waals surface area contributed by atoms with Crippen molar-refractivity contribution in [2.24, 2.45) is 5.92 Å². The fraction of sp³-hybridized carbons (Fsp3) is 0.500. The zero-order valence-electron chi connectivity index (χ0n) is 23.5. The summed E-state index contributed by atoms with van der Waals surface area (Å²) >= 11 is 0. The van der Waals surface area contributed by atoms with Gasteiger partial charge in [-0.15, -0.1) is 13.2 Å². The van der Waals surface area contributed by atoms with Gasteiger partial charge in [-0.05, 0) is 87.3 Å². The van der Waals surface area contributed by atoms with E-state index >= 15 is 0 Å². The average molecular weight is 629 g/mol. The second-order valence-corrected chi connectivity index (χ2v) is 12.7. The molecule has 2 heterocycles. The Hall–Kier alpha value is -3.40. The van der Waals surface area contributed by atoms with Gasteiger partial charge in [0.25, 0.3) is 0 Å². The lowest BCUT2D eigenvalue weighted by Gasteiger charge is -2.36. The Morgan fingerprint density at radius 3 is 2.23 bits per heavy atom. The molecule has 4 rings (SSSR count). The number of hydrogen-bond donors (Lipinski definition) is 4. The molecule has 11 nitrogen and oxygen atoms in total. The van der Waals surface area contributed by atoms with Crippen LogP contribution in [0.2, 0.25) is 0 Å². The first-order chi connectivity index (χ1) is 20.3. The Morgan fingerprint density at radius 2 is 1.67 bits per heavy atom. The number of methoxy groups -OCH3 is 1. The van der Waals surface area contributed by atoms with Crippen LogP contribution in [0.25, 0.3) is 0 Å². The highest BCUT2D eigenvalue weighted by Crippen LogP contribution is 2.35. The number of halogens is 3. The molecule has 43 heavy (non-hydrogen) atoms. The molecule has 0 aliphatic carbocycles. The van der Waals surface area contributed by atoms with E-state index in [4.69, 9.17) is 4.74 Å². The van der Waals surface area contributed by atoms with Crippen molar-refractivity contribution < 1.29 is 45.8 Å². The molecule has 2 fully saturated rings. The van der Waals surface area contributed by atoms with Gasteiger partial charge in [0.05, 0.1) is 11.4 Å². The van der Waals surface area contributed by atoms with E-state index in [1.807, 2.05) is 4.90 Å². The van der Waals surface area contributed by atoms with Crippen LogP contribution in [-0.4, -0.2) is 82.6 Å². The average Bonchev–Trinajstić information content (AvgIpc) is 3.00. The van der Waals surface area contributed by atoms with Gasteiger partial charge in [-0.3, -0.25) is 9.59 Å². The van der Waals surface area contributed by atoms with Crippen LogP contribution in [0.1, 0.15) is 25.7 Å². The Bertz CT molecular complexity index is 1360. The molecule has 2 aliphatic heterocycles. The van der Waals surface area contributed by atoms with E-state index in [1.165, 1.54) is 31.4 Å². The van der Waals surface area contributed by atoms with Gasteiger partial charge in [-0.25, -0.2) is 8.42 Å². The van der Waals surface area contributed by atoms with Crippen LogP contribution >= 0.6 is 0 Å². The lowest BCUT2D eigenvalue weighted by molar-refractivity contribution is -0.274. The molecule has 0 saturated carbocycles. The molecule has 15 heteroatoms. The van der Waals surface area contributed by atoms with Crippen molar-refractivity contribution in [3.05, 3.63) is 48.5 Å². The zero-order chi connectivity index (χ0) is 31.3. The van der Waals surface area contributed by atoms with E-state index in [0.29, 0.717) is 44.7 Å². The molecule has 236 valence electrons. The summed E-state index contributed by atoms with van der Waals surface area (Å²) in [6, 6.07) is 11.3. The number of carbonyl (C=O) groups is 2. The second-order valence-electron chi connectivity index (χ2n) is 10.5. The first-order valence-electron chi connectivity index (χ1n) is 13.8. The molecule has 0 aromatic heterocycles. The number of ether oxygens (including phenoxy) is 2. The Kier molecular flexibility index (Phi) is 10.2. The predicted molar refractivity (Wildman–Crippen MR) is 151 cm³/mol. The van der Waals surface area contributed by atoms with Crippen molar-refractivity contribution in [3.63, 3.8) is 0 Å². The number of nitrogens with one attached hydrogen (secondary N) is 3. The molecule has 2 saturated heterocycles. The summed E-state index contributed by atoms with van der Waals surface area (Å²) in [5.41, 5.74) is 1.12. The Morgan fingerprint density at radius 1 is 1.07 bits per heavy atom. The van der Waals surface area contributed by atoms with Crippen LogP contribution in [0.5, 0.6) is 5.75 Å². The van der Waals surface area contributed by atoms with E-state index in [0.717, 1.165) is 17.8 Å². The van der Waals surface area contributed by atoms with Crippen molar-refractivity contribution >= 4 is 33.0 Å². The molecule has 0 spiro atoms. The highest BCUT2D eigenvalue weighted by Gasteiger charge is 2.51. The van der Waals surface area contributed by atoms with E-state index in [9.17, 15) is 36.3 Å². The third-order valence-electron chi connectivity index (χ3n) is 7.78. The van der Waals surface area contributed by atoms with E-state index < -0.39 is 33.1 Å². The van der Waals surface area contributed by atoms with Gasteiger partial charge in [0.15, 0.2) is 20.9 Å². The SMILES string of the molecule is COC(O)CNC(=O)C1(S(=O)(=O)c2ccc(N3CCC(C(=O)Nc4ccc(OC(F)(F)F)cc4)CC3)cc2)CCNCC1. The Balaban J connectivity index is 1.36. The number of aliphatic hydroxyl groups is 1. The molecule has 1 unspecified atom stereocenters. The third-order valence-corrected chi connectivity index (χ3v) is 10.3. The normalized spacial score (nSPS) is 18.5. The number of alkyl halides is 3. The van der Waals surface area contributed by atoms with Crippen LogP contribution in [0.4, 0.5) is 24.5 Å². The zero-order valence-corrected chi connectivity index (χ0v) is 24.3. The molecule has 1 atom stereocenters. The fourth-order valence-corrected chi connectivity index (χ4v) is 7.32. The van der Waals surface area contributed by atoms with E-state index in [2.05, 4.69) is 20.7 Å². The second kappa shape index (κ2) is 13.5. The summed E-state index contributed by atoms with van der Waals surface area (Å²) in [7, 11) is -2.82. The van der Waals surface area contributed by atoms with Crippen LogP contribution in [-0.2, 0) is 24.2 Å². The highest BCUT2D eigenvalue weighted by molar-refractivity contribution is 7.93. The maximum atomic E-state index is 13.8. The van der Waals surface area contributed by atoms with Crippen LogP contribution < -0.4 is 25.6 Å². The number of sulfone groups is 1. The molecule has 2 aromatic carbocycles. The summed E-state index contributed by atoms with van der Waals surface area (Å²) in [6.45, 7) is 1.51. The van der Waals surface area contributed by atoms with Gasteiger partial charge in [0.1, 0.15) is 5.75 Å². The van der Waals surface area contributed by atoms with E-state index in [1.54, 1.807) is 12.1 Å². The summed E-state index contributed by atoms with van der Waals surface area (Å²) in [4.78, 5) is 28.0. The summed E-state index contributed by atoms with van der Waals surface area (Å²) < 4.78 is 71.6. The van der Waals surface area contributed by atoms with Gasteiger partial charge in [-0.1, -0.05) is 0 Å². The van der Waals surface area contributed by atoms with Gasteiger partial charge in [0, 0.05) is 37.5 Å². The molecule has 2 aliphatic rings. The smallest absolute Gasteiger partial charge is 0.406 e. The number of anilines is 2. The predicted octanol–water partition coefficient (Wildman–Crippen LogP) is 2.42. The summed E-state index contributed by atoms with van der Waals surface area (Å²) in [5.74, 6) is -1.61. The van der Waals surface area contributed by atoms with Crippen LogP contribution in [0.3, 0.4) is 0 Å². The largest absolute Gasteiger partial charge is 0.573 e. The number of carbonyl (C=O) groups excluding carboxylic acids is 2. The lowest BCUT2D eigenvalue weighted by atomic mass is 9.95. The number of piperidine rings is 2. The van der Waals surface area contributed by atoms with Gasteiger partial charge in [-0.2, -0.15) is 0 Å². The maximum absolute atomic E-state index is 13.8. The van der Waals surface area contributed by atoms with Crippen molar-refractivity contribution in [2.75, 3.05) is 50.1 Å². The first kappa shape index (κ1) is 32.5. The number of aliphatic hydroxyl groups excluding tert-OH is 1. The molecule has 2 aromatic rings. The minimum atomic E-state index is -4.80. The Labute approximate surface area is 247 Å². The number of hydrogen-bond acceptors (Lipinski definition) is 9. The monoisotopic (exact) mass is 628 g/mol. The van der Waals surface area contributed by atoms with Crippen molar-refractivity contribution in [3.8, 4) is 5.75 Å². The van der Waals surface area contributed by atoms with Gasteiger partial charge < -0.3 is 35.4 Å². The minimum Gasteiger partial charge on any atom is -0.406 e.